The van der Waals surface area contributed by atoms with Crippen molar-refractivity contribution in [2.75, 3.05) is 13.2 Å². The molecule has 2 aromatic rings. The zero-order valence-electron chi connectivity index (χ0n) is 15.9. The minimum Gasteiger partial charge on any atom is -0.364 e. The summed E-state index contributed by atoms with van der Waals surface area (Å²) in [5.74, 6) is -0.462. The molecule has 2 unspecified atom stereocenters. The summed E-state index contributed by atoms with van der Waals surface area (Å²) in [7, 11) is 0. The van der Waals surface area contributed by atoms with Crippen molar-refractivity contribution in [3.63, 3.8) is 0 Å². The first kappa shape index (κ1) is 20.8. The minimum absolute atomic E-state index is 0.00752. The highest BCUT2D eigenvalue weighted by atomic mass is 127. The van der Waals surface area contributed by atoms with Gasteiger partial charge in [0, 0.05) is 16.2 Å². The Labute approximate surface area is 186 Å². The highest BCUT2D eigenvalue weighted by Crippen LogP contribution is 2.44. The Kier molecular flexibility index (Phi) is 6.28. The molecule has 0 saturated heterocycles. The van der Waals surface area contributed by atoms with Crippen LogP contribution in [-0.2, 0) is 22.5 Å². The van der Waals surface area contributed by atoms with E-state index < -0.39 is 0 Å². The van der Waals surface area contributed by atoms with Crippen molar-refractivity contribution in [1.29, 1.82) is 0 Å². The number of rotatable bonds is 5. The van der Waals surface area contributed by atoms with Gasteiger partial charge in [0.25, 0.3) is 5.91 Å². The number of ether oxygens (including phenoxy) is 1. The van der Waals surface area contributed by atoms with Crippen LogP contribution in [0, 0.1) is 16.3 Å². The predicted octanol–water partition coefficient (Wildman–Crippen LogP) is 2.69. The summed E-state index contributed by atoms with van der Waals surface area (Å²) in [6.45, 7) is 3.58. The van der Waals surface area contributed by atoms with Gasteiger partial charge in [-0.3, -0.25) is 9.48 Å². The van der Waals surface area contributed by atoms with Crippen molar-refractivity contribution < 1.29 is 13.9 Å². The molecule has 4 rings (SSSR count). The number of aryl methyl sites for hydroxylation is 1. The van der Waals surface area contributed by atoms with Crippen LogP contribution < -0.4 is 11.1 Å². The van der Waals surface area contributed by atoms with Crippen molar-refractivity contribution in [3.05, 3.63) is 61.6 Å². The van der Waals surface area contributed by atoms with E-state index >= 15 is 0 Å². The Hall–Kier alpha value is -1.43. The Morgan fingerprint density at radius 2 is 2.34 bits per heavy atom. The van der Waals surface area contributed by atoms with Gasteiger partial charge in [-0.25, -0.2) is 4.39 Å². The summed E-state index contributed by atoms with van der Waals surface area (Å²) in [6.07, 6.45) is 4.30. The van der Waals surface area contributed by atoms with Crippen molar-refractivity contribution in [3.8, 4) is 0 Å². The molecule has 6 nitrogen and oxygen atoms in total. The van der Waals surface area contributed by atoms with Crippen molar-refractivity contribution >= 4 is 40.3 Å². The Bertz CT molecular complexity index is 944. The number of fused-ring (bicyclic) bond motifs is 3. The number of aromatic nitrogens is 2. The van der Waals surface area contributed by atoms with E-state index in [-0.39, 0.29) is 35.7 Å². The van der Waals surface area contributed by atoms with Crippen LogP contribution in [0.3, 0.4) is 0 Å². The first-order chi connectivity index (χ1) is 13.9. The van der Waals surface area contributed by atoms with Crippen LogP contribution in [0.2, 0.25) is 0 Å². The number of hydrogen-bond acceptors (Lipinski definition) is 5. The fourth-order valence-electron chi connectivity index (χ4n) is 3.77. The van der Waals surface area contributed by atoms with Gasteiger partial charge in [-0.1, -0.05) is 17.8 Å². The molecule has 3 atom stereocenters. The quantitative estimate of drug-likeness (QED) is 0.584. The number of nitrogens with zero attached hydrogens (tertiary/aromatic N) is 2. The fraction of sp³-hybridized carbons (Fsp3) is 0.400. The number of hydrogen-bond donors (Lipinski definition) is 2. The first-order valence-electron chi connectivity index (χ1n) is 9.43. The van der Waals surface area contributed by atoms with Gasteiger partial charge in [-0.15, -0.1) is 0 Å². The summed E-state index contributed by atoms with van der Waals surface area (Å²) in [4.78, 5) is 13.5. The van der Waals surface area contributed by atoms with E-state index in [0.717, 1.165) is 20.4 Å². The molecule has 0 bridgehead atoms. The third kappa shape index (κ3) is 4.52. The third-order valence-corrected chi connectivity index (χ3v) is 6.95. The van der Waals surface area contributed by atoms with Gasteiger partial charge in [0.15, 0.2) is 0 Å². The highest BCUT2D eigenvalue weighted by molar-refractivity contribution is 14.1. The van der Waals surface area contributed by atoms with Crippen molar-refractivity contribution in [2.45, 2.75) is 37.3 Å². The largest absolute Gasteiger partial charge is 0.364 e. The number of amides is 1. The molecule has 2 aliphatic heterocycles. The minimum atomic E-state index is -0.285. The topological polar surface area (TPSA) is 82.2 Å². The maximum absolute atomic E-state index is 13.7. The number of halogens is 2. The van der Waals surface area contributed by atoms with E-state index in [2.05, 4.69) is 33.0 Å². The maximum Gasteiger partial charge on any atom is 0.257 e. The van der Waals surface area contributed by atoms with Crippen LogP contribution in [0.5, 0.6) is 0 Å². The van der Waals surface area contributed by atoms with Gasteiger partial charge in [0.1, 0.15) is 11.3 Å². The zero-order valence-corrected chi connectivity index (χ0v) is 18.9. The fourth-order valence-corrected chi connectivity index (χ4v) is 5.63. The van der Waals surface area contributed by atoms with Crippen molar-refractivity contribution in [1.82, 2.24) is 15.1 Å². The van der Waals surface area contributed by atoms with Crippen LogP contribution in [-0.4, -0.2) is 40.3 Å². The molecule has 0 spiro atoms. The van der Waals surface area contributed by atoms with Crippen molar-refractivity contribution in [2.24, 2.45) is 5.73 Å². The van der Waals surface area contributed by atoms with Gasteiger partial charge in [0.2, 0.25) is 0 Å². The zero-order chi connectivity index (χ0) is 20.5. The molecular formula is C20H22FIN4O2S. The molecule has 29 heavy (non-hydrogen) atoms. The average molecular weight is 528 g/mol. The smallest absolute Gasteiger partial charge is 0.257 e. The first-order valence-corrected chi connectivity index (χ1v) is 11.4. The lowest BCUT2D eigenvalue weighted by Crippen LogP contribution is -2.42. The van der Waals surface area contributed by atoms with Gasteiger partial charge in [-0.05, 0) is 65.3 Å². The van der Waals surface area contributed by atoms with Gasteiger partial charge < -0.3 is 15.8 Å². The van der Waals surface area contributed by atoms with E-state index in [9.17, 15) is 9.18 Å². The van der Waals surface area contributed by atoms with Gasteiger partial charge in [0.05, 0.1) is 35.9 Å². The standard InChI is InChI=1S/C20H22FIN4O2S/c1-11-10-24-26-2-3-28-20-16(18(11)26)8-17(29-20)19(27)25-15(9-23)6-12-4-13(21)7-14(22)5-12/h4-5,7-8,10,15-16,20H,2-3,6,9,23H2,1H3,(H,25,27)/t15-,16?,20?/m0/s1. The lowest BCUT2D eigenvalue weighted by Gasteiger charge is -2.18. The molecule has 154 valence electrons. The van der Waals surface area contributed by atoms with Gasteiger partial charge in [-0.2, -0.15) is 5.10 Å². The second-order valence-corrected chi connectivity index (χ2v) is 9.62. The molecule has 1 aromatic heterocycles. The third-order valence-electron chi connectivity index (χ3n) is 5.09. The van der Waals surface area contributed by atoms with E-state index in [1.165, 1.54) is 23.9 Å². The molecule has 1 amide bonds. The monoisotopic (exact) mass is 528 g/mol. The Morgan fingerprint density at radius 3 is 3.10 bits per heavy atom. The number of carbonyl (C=O) groups excluding carboxylic acids is 1. The molecule has 3 heterocycles. The van der Waals surface area contributed by atoms with Crippen LogP contribution >= 0.6 is 34.4 Å². The number of benzene rings is 1. The molecule has 0 fully saturated rings. The number of thioether (sulfide) groups is 1. The van der Waals surface area contributed by atoms with Gasteiger partial charge >= 0.3 is 0 Å². The molecule has 3 N–H and O–H groups in total. The lowest BCUT2D eigenvalue weighted by molar-refractivity contribution is -0.117. The Balaban J connectivity index is 1.48. The summed E-state index contributed by atoms with van der Waals surface area (Å²) in [5.41, 5.74) is 8.76. The molecule has 0 aliphatic carbocycles. The summed E-state index contributed by atoms with van der Waals surface area (Å²) >= 11 is 3.52. The molecular weight excluding hydrogens is 506 g/mol. The molecule has 0 radical (unpaired) electrons. The normalized spacial score (nSPS) is 21.7. The number of carbonyl (C=O) groups is 1. The lowest BCUT2D eigenvalue weighted by atomic mass is 10.0. The summed E-state index contributed by atoms with van der Waals surface area (Å²) in [5, 5.41) is 7.42. The highest BCUT2D eigenvalue weighted by Gasteiger charge is 2.38. The summed E-state index contributed by atoms with van der Waals surface area (Å²) in [6, 6.07) is 4.57. The molecule has 0 saturated carbocycles. The second kappa shape index (κ2) is 8.75. The van der Waals surface area contributed by atoms with E-state index in [4.69, 9.17) is 10.5 Å². The molecule has 9 heteroatoms. The van der Waals surface area contributed by atoms with Crippen LogP contribution in [0.4, 0.5) is 4.39 Å². The number of nitrogens with one attached hydrogen (secondary N) is 1. The van der Waals surface area contributed by atoms with E-state index in [0.29, 0.717) is 24.5 Å². The second-order valence-electron chi connectivity index (χ2n) is 7.24. The van der Waals surface area contributed by atoms with Crippen LogP contribution in [0.15, 0.2) is 35.4 Å². The van der Waals surface area contributed by atoms with Crippen LogP contribution in [0.25, 0.3) is 0 Å². The average Bonchev–Trinajstić information content (AvgIpc) is 3.19. The maximum atomic E-state index is 13.7. The SMILES string of the molecule is Cc1cnn2c1C1C=C(C(=O)N[C@H](CN)Cc3cc(F)cc(I)c3)SC1OCC2. The predicted molar refractivity (Wildman–Crippen MR) is 119 cm³/mol. The van der Waals surface area contributed by atoms with E-state index in [1.807, 2.05) is 29.9 Å². The molecule has 1 aromatic carbocycles. The van der Waals surface area contributed by atoms with E-state index in [1.54, 1.807) is 0 Å². The van der Waals surface area contributed by atoms with Crippen LogP contribution in [0.1, 0.15) is 22.7 Å². The molecule has 2 aliphatic rings. The Morgan fingerprint density at radius 1 is 1.52 bits per heavy atom. The summed E-state index contributed by atoms with van der Waals surface area (Å²) < 4.78 is 22.4. The number of nitrogens with two attached hydrogens (primary N) is 1.